The van der Waals surface area contributed by atoms with Crippen molar-refractivity contribution in [1.82, 2.24) is 9.88 Å². The Balaban J connectivity index is 1.64. The Labute approximate surface area is 168 Å². The van der Waals surface area contributed by atoms with Crippen molar-refractivity contribution in [3.8, 4) is 5.75 Å². The third-order valence-corrected chi connectivity index (χ3v) is 4.38. The van der Waals surface area contributed by atoms with E-state index in [0.29, 0.717) is 36.0 Å². The second kappa shape index (κ2) is 9.52. The number of halogens is 1. The molecule has 0 aliphatic carbocycles. The molecule has 0 bridgehead atoms. The van der Waals surface area contributed by atoms with Crippen LogP contribution >= 0.6 is 11.6 Å². The summed E-state index contributed by atoms with van der Waals surface area (Å²) in [4.78, 5) is 30.1. The first-order valence-corrected chi connectivity index (χ1v) is 9.26. The minimum atomic E-state index is -0.976. The zero-order valence-electron chi connectivity index (χ0n) is 15.4. The van der Waals surface area contributed by atoms with Crippen molar-refractivity contribution >= 4 is 23.5 Å². The molecule has 2 atom stereocenters. The van der Waals surface area contributed by atoms with Crippen molar-refractivity contribution in [1.29, 1.82) is 0 Å². The Morgan fingerprint density at radius 2 is 2.11 bits per heavy atom. The van der Waals surface area contributed by atoms with Gasteiger partial charge in [-0.25, -0.2) is 0 Å². The van der Waals surface area contributed by atoms with Crippen molar-refractivity contribution in [3.05, 3.63) is 59.4 Å². The third kappa shape index (κ3) is 5.43. The molecule has 1 aromatic carbocycles. The number of pyridine rings is 1. The molecule has 0 N–H and O–H groups in total. The Morgan fingerprint density at radius 3 is 2.82 bits per heavy atom. The van der Waals surface area contributed by atoms with Gasteiger partial charge < -0.3 is 19.1 Å². The fourth-order valence-electron chi connectivity index (χ4n) is 2.90. The summed E-state index contributed by atoms with van der Waals surface area (Å²) in [7, 11) is 0. The maximum atomic E-state index is 13.0. The number of amides is 1. The number of benzene rings is 1. The van der Waals surface area contributed by atoms with E-state index in [9.17, 15) is 9.59 Å². The average molecular weight is 405 g/mol. The maximum Gasteiger partial charge on any atom is 0.303 e. The highest BCUT2D eigenvalue weighted by atomic mass is 35.5. The molecule has 0 radical (unpaired) electrons. The molecule has 1 aliphatic rings. The number of carbonyl (C=O) groups is 2. The lowest BCUT2D eigenvalue weighted by molar-refractivity contribution is -0.163. The zero-order valence-corrected chi connectivity index (χ0v) is 16.2. The molecule has 148 valence electrons. The van der Waals surface area contributed by atoms with Gasteiger partial charge >= 0.3 is 5.97 Å². The lowest BCUT2D eigenvalue weighted by Crippen LogP contribution is -2.49. The second-order valence-electron chi connectivity index (χ2n) is 6.33. The smallest absolute Gasteiger partial charge is 0.303 e. The van der Waals surface area contributed by atoms with E-state index in [2.05, 4.69) is 4.98 Å². The number of esters is 1. The van der Waals surface area contributed by atoms with Crippen LogP contribution in [-0.2, 0) is 19.1 Å². The van der Waals surface area contributed by atoms with Gasteiger partial charge in [-0.1, -0.05) is 41.9 Å². The molecule has 0 spiro atoms. The summed E-state index contributed by atoms with van der Waals surface area (Å²) in [5.41, 5.74) is 0.631. The van der Waals surface area contributed by atoms with Crippen LogP contribution < -0.4 is 4.74 Å². The predicted molar refractivity (Wildman–Crippen MR) is 102 cm³/mol. The summed E-state index contributed by atoms with van der Waals surface area (Å²) >= 11 is 5.90. The van der Waals surface area contributed by atoms with Gasteiger partial charge in [-0.15, -0.1) is 0 Å². The minimum absolute atomic E-state index is 0.245. The van der Waals surface area contributed by atoms with E-state index in [-0.39, 0.29) is 18.6 Å². The van der Waals surface area contributed by atoms with Gasteiger partial charge in [-0.2, -0.15) is 0 Å². The molecule has 1 aliphatic heterocycles. The fraction of sp³-hybridized carbons (Fsp3) is 0.350. The summed E-state index contributed by atoms with van der Waals surface area (Å²) in [6, 6.07) is 10.6. The van der Waals surface area contributed by atoms with Gasteiger partial charge in [0.2, 0.25) is 6.10 Å². The van der Waals surface area contributed by atoms with Gasteiger partial charge in [0.15, 0.2) is 0 Å². The van der Waals surface area contributed by atoms with Crippen molar-refractivity contribution in [2.75, 3.05) is 26.3 Å². The largest absolute Gasteiger partial charge is 0.489 e. The van der Waals surface area contributed by atoms with Crippen LogP contribution in [0.5, 0.6) is 5.75 Å². The molecule has 1 fully saturated rings. The highest BCUT2D eigenvalue weighted by Crippen LogP contribution is 2.22. The Bertz CT molecular complexity index is 817. The number of nitrogens with zero attached hydrogens (tertiary/aromatic N) is 2. The number of aromatic nitrogens is 1. The van der Waals surface area contributed by atoms with Gasteiger partial charge in [0.1, 0.15) is 18.5 Å². The van der Waals surface area contributed by atoms with Crippen LogP contribution in [0.4, 0.5) is 0 Å². The average Bonchev–Trinajstić information content (AvgIpc) is 2.71. The maximum absolute atomic E-state index is 13.0. The van der Waals surface area contributed by atoms with Crippen molar-refractivity contribution in [2.24, 2.45) is 0 Å². The molecule has 1 saturated heterocycles. The van der Waals surface area contributed by atoms with Crippen LogP contribution in [0.1, 0.15) is 18.6 Å². The normalized spacial score (nSPS) is 17.6. The van der Waals surface area contributed by atoms with Crippen molar-refractivity contribution in [3.63, 3.8) is 0 Å². The first-order valence-electron chi connectivity index (χ1n) is 8.89. The topological polar surface area (TPSA) is 78.0 Å². The van der Waals surface area contributed by atoms with Crippen molar-refractivity contribution in [2.45, 2.75) is 19.1 Å². The van der Waals surface area contributed by atoms with E-state index < -0.39 is 12.1 Å². The number of hydrogen-bond donors (Lipinski definition) is 0. The summed E-state index contributed by atoms with van der Waals surface area (Å²) < 4.78 is 16.7. The number of morpholine rings is 1. The van der Waals surface area contributed by atoms with E-state index in [0.717, 1.165) is 0 Å². The Hall–Kier alpha value is -2.64. The van der Waals surface area contributed by atoms with E-state index in [1.54, 1.807) is 41.4 Å². The van der Waals surface area contributed by atoms with Crippen LogP contribution in [0.3, 0.4) is 0 Å². The molecule has 0 saturated carbocycles. The van der Waals surface area contributed by atoms with Crippen molar-refractivity contribution < 1.29 is 23.8 Å². The molecule has 1 aromatic heterocycles. The molecule has 8 heteroatoms. The third-order valence-electron chi connectivity index (χ3n) is 4.18. The molecule has 2 unspecified atom stereocenters. The number of carbonyl (C=O) groups excluding carboxylic acids is 2. The van der Waals surface area contributed by atoms with E-state index >= 15 is 0 Å². The van der Waals surface area contributed by atoms with Crippen LogP contribution in [0.25, 0.3) is 0 Å². The van der Waals surface area contributed by atoms with Crippen LogP contribution in [-0.4, -0.2) is 54.2 Å². The predicted octanol–water partition coefficient (Wildman–Crippen LogP) is 2.65. The highest BCUT2D eigenvalue weighted by Gasteiger charge is 2.32. The SMILES string of the molecule is CC(=O)OC(C(=O)N1CCOC(COc2cncc(Cl)c2)C1)c1ccccc1. The van der Waals surface area contributed by atoms with Gasteiger partial charge in [0, 0.05) is 31.3 Å². The molecule has 7 nitrogen and oxygen atoms in total. The van der Waals surface area contributed by atoms with Crippen LogP contribution in [0.15, 0.2) is 48.8 Å². The molecule has 3 rings (SSSR count). The molecule has 2 heterocycles. The molecular weight excluding hydrogens is 384 g/mol. The van der Waals surface area contributed by atoms with E-state index in [1.165, 1.54) is 13.1 Å². The summed E-state index contributed by atoms with van der Waals surface area (Å²) in [5.74, 6) is -0.260. The zero-order chi connectivity index (χ0) is 19.9. The quantitative estimate of drug-likeness (QED) is 0.689. The van der Waals surface area contributed by atoms with Crippen LogP contribution in [0.2, 0.25) is 5.02 Å². The fourth-order valence-corrected chi connectivity index (χ4v) is 3.07. The van der Waals surface area contributed by atoms with Gasteiger partial charge in [0.05, 0.1) is 24.4 Å². The number of hydrogen-bond acceptors (Lipinski definition) is 6. The number of ether oxygens (including phenoxy) is 3. The Morgan fingerprint density at radius 1 is 1.32 bits per heavy atom. The summed E-state index contributed by atoms with van der Waals surface area (Å²) in [5, 5.41) is 0.478. The standard InChI is InChI=1S/C20H21ClN2O5/c1-14(24)28-19(15-5-3-2-4-6-15)20(25)23-7-8-26-18(12-23)13-27-17-9-16(21)10-22-11-17/h2-6,9-11,18-19H,7-8,12-13H2,1H3. The lowest BCUT2D eigenvalue weighted by Gasteiger charge is -2.34. The molecule has 28 heavy (non-hydrogen) atoms. The highest BCUT2D eigenvalue weighted by molar-refractivity contribution is 6.30. The summed E-state index contributed by atoms with van der Waals surface area (Å²) in [6.45, 7) is 2.65. The van der Waals surface area contributed by atoms with E-state index in [4.69, 9.17) is 25.8 Å². The van der Waals surface area contributed by atoms with E-state index in [1.807, 2.05) is 6.07 Å². The monoisotopic (exact) mass is 404 g/mol. The number of rotatable bonds is 6. The Kier molecular flexibility index (Phi) is 6.84. The van der Waals surface area contributed by atoms with Crippen LogP contribution in [0, 0.1) is 0 Å². The van der Waals surface area contributed by atoms with Gasteiger partial charge in [-0.3, -0.25) is 14.6 Å². The molecular formula is C20H21ClN2O5. The lowest BCUT2D eigenvalue weighted by atomic mass is 10.1. The summed E-state index contributed by atoms with van der Waals surface area (Å²) in [6.07, 6.45) is 1.79. The van der Waals surface area contributed by atoms with Gasteiger partial charge in [-0.05, 0) is 0 Å². The van der Waals surface area contributed by atoms with Gasteiger partial charge in [0.25, 0.3) is 5.91 Å². The second-order valence-corrected chi connectivity index (χ2v) is 6.76. The minimum Gasteiger partial charge on any atom is -0.489 e. The molecule has 2 aromatic rings. The first-order chi connectivity index (χ1) is 13.5. The molecule has 1 amide bonds. The first kappa shape index (κ1) is 20.1.